The predicted molar refractivity (Wildman–Crippen MR) is 82.4 cm³/mol. The van der Waals surface area contributed by atoms with Crippen LogP contribution in [-0.2, 0) is 13.0 Å². The number of fused-ring (bicyclic) bond motifs is 1. The predicted octanol–water partition coefficient (Wildman–Crippen LogP) is 3.12. The van der Waals surface area contributed by atoms with Gasteiger partial charge in [0.2, 0.25) is 0 Å². The first-order chi connectivity index (χ1) is 9.76. The number of halogens is 1. The largest absolute Gasteiger partial charge is 0.370 e. The molecule has 1 aliphatic heterocycles. The summed E-state index contributed by atoms with van der Waals surface area (Å²) in [7, 11) is 0. The van der Waals surface area contributed by atoms with Gasteiger partial charge in [0.1, 0.15) is 18.0 Å². The standard InChI is InChI=1S/C15H17ClN4/c1-2-17-14-8-15(19-10-18-14)20-6-5-11-7-13(16)4-3-12(11)9-20/h3-4,7-8,10H,2,5-6,9H2,1H3,(H,17,18,19). The number of hydrogen-bond acceptors (Lipinski definition) is 4. The van der Waals surface area contributed by atoms with Gasteiger partial charge in [-0.2, -0.15) is 0 Å². The van der Waals surface area contributed by atoms with E-state index in [0.717, 1.165) is 42.7 Å². The molecule has 1 aromatic heterocycles. The van der Waals surface area contributed by atoms with E-state index in [2.05, 4.69) is 39.2 Å². The van der Waals surface area contributed by atoms with Crippen LogP contribution in [0.4, 0.5) is 11.6 Å². The lowest BCUT2D eigenvalue weighted by Gasteiger charge is -2.30. The number of nitrogens with zero attached hydrogens (tertiary/aromatic N) is 3. The second-order valence-electron chi connectivity index (χ2n) is 4.88. The first-order valence-corrected chi connectivity index (χ1v) is 7.22. The summed E-state index contributed by atoms with van der Waals surface area (Å²) in [5.74, 6) is 1.84. The van der Waals surface area contributed by atoms with Crippen LogP contribution in [-0.4, -0.2) is 23.1 Å². The molecule has 0 aliphatic carbocycles. The van der Waals surface area contributed by atoms with Crippen molar-refractivity contribution in [1.29, 1.82) is 0 Å². The van der Waals surface area contributed by atoms with Gasteiger partial charge in [0.15, 0.2) is 0 Å². The van der Waals surface area contributed by atoms with E-state index in [9.17, 15) is 0 Å². The van der Waals surface area contributed by atoms with Crippen molar-refractivity contribution in [3.63, 3.8) is 0 Å². The molecule has 0 atom stereocenters. The maximum Gasteiger partial charge on any atom is 0.134 e. The normalized spacial score (nSPS) is 14.0. The molecule has 0 bridgehead atoms. The van der Waals surface area contributed by atoms with Crippen LogP contribution in [0.3, 0.4) is 0 Å². The Morgan fingerprint density at radius 1 is 1.25 bits per heavy atom. The summed E-state index contributed by atoms with van der Waals surface area (Å²) in [6, 6.07) is 8.13. The summed E-state index contributed by atoms with van der Waals surface area (Å²) in [6.45, 7) is 4.74. The molecule has 1 aliphatic rings. The van der Waals surface area contributed by atoms with E-state index < -0.39 is 0 Å². The van der Waals surface area contributed by atoms with Gasteiger partial charge in [0, 0.05) is 30.7 Å². The van der Waals surface area contributed by atoms with Crippen molar-refractivity contribution in [3.8, 4) is 0 Å². The maximum atomic E-state index is 6.04. The molecular formula is C15H17ClN4. The highest BCUT2D eigenvalue weighted by atomic mass is 35.5. The molecule has 0 saturated carbocycles. The number of benzene rings is 1. The van der Waals surface area contributed by atoms with Gasteiger partial charge in [-0.3, -0.25) is 0 Å². The molecule has 0 amide bonds. The van der Waals surface area contributed by atoms with Crippen molar-refractivity contribution in [2.75, 3.05) is 23.3 Å². The Hall–Kier alpha value is -1.81. The molecule has 104 valence electrons. The highest BCUT2D eigenvalue weighted by Crippen LogP contribution is 2.26. The van der Waals surface area contributed by atoms with Crippen LogP contribution in [0.15, 0.2) is 30.6 Å². The van der Waals surface area contributed by atoms with Crippen LogP contribution in [0.2, 0.25) is 5.02 Å². The SMILES string of the molecule is CCNc1cc(N2CCc3cc(Cl)ccc3C2)ncn1. The molecule has 1 aromatic carbocycles. The van der Waals surface area contributed by atoms with E-state index in [1.165, 1.54) is 11.1 Å². The third kappa shape index (κ3) is 2.70. The Morgan fingerprint density at radius 2 is 2.15 bits per heavy atom. The molecule has 2 heterocycles. The number of anilines is 2. The number of nitrogens with one attached hydrogen (secondary N) is 1. The van der Waals surface area contributed by atoms with E-state index in [-0.39, 0.29) is 0 Å². The lowest BCUT2D eigenvalue weighted by Crippen LogP contribution is -2.31. The Kier molecular flexibility index (Phi) is 3.74. The van der Waals surface area contributed by atoms with Gasteiger partial charge in [-0.1, -0.05) is 17.7 Å². The minimum atomic E-state index is 0.814. The summed E-state index contributed by atoms with van der Waals surface area (Å²) in [6.07, 6.45) is 2.61. The molecule has 4 nitrogen and oxygen atoms in total. The third-order valence-electron chi connectivity index (χ3n) is 3.52. The monoisotopic (exact) mass is 288 g/mol. The fourth-order valence-electron chi connectivity index (χ4n) is 2.51. The average molecular weight is 289 g/mol. The molecule has 0 spiro atoms. The van der Waals surface area contributed by atoms with E-state index in [0.29, 0.717) is 0 Å². The zero-order chi connectivity index (χ0) is 13.9. The first kappa shape index (κ1) is 13.2. The highest BCUT2D eigenvalue weighted by Gasteiger charge is 2.18. The molecule has 0 saturated heterocycles. The second-order valence-corrected chi connectivity index (χ2v) is 5.31. The van der Waals surface area contributed by atoms with Crippen LogP contribution < -0.4 is 10.2 Å². The Labute approximate surface area is 123 Å². The van der Waals surface area contributed by atoms with E-state index in [4.69, 9.17) is 11.6 Å². The van der Waals surface area contributed by atoms with Crippen molar-refractivity contribution >= 4 is 23.2 Å². The molecule has 0 radical (unpaired) electrons. The van der Waals surface area contributed by atoms with Gasteiger partial charge in [-0.05, 0) is 36.6 Å². The molecule has 0 unspecified atom stereocenters. The number of hydrogen-bond donors (Lipinski definition) is 1. The summed E-state index contributed by atoms with van der Waals surface area (Å²) in [5, 5.41) is 4.03. The molecule has 2 aromatic rings. The third-order valence-corrected chi connectivity index (χ3v) is 3.75. The van der Waals surface area contributed by atoms with Crippen LogP contribution in [0.5, 0.6) is 0 Å². The minimum Gasteiger partial charge on any atom is -0.370 e. The summed E-state index contributed by atoms with van der Waals surface area (Å²) in [4.78, 5) is 10.9. The quantitative estimate of drug-likeness (QED) is 0.942. The van der Waals surface area contributed by atoms with Crippen molar-refractivity contribution in [3.05, 3.63) is 46.7 Å². The van der Waals surface area contributed by atoms with E-state index in [1.54, 1.807) is 6.33 Å². The Morgan fingerprint density at radius 3 is 3.00 bits per heavy atom. The lowest BCUT2D eigenvalue weighted by atomic mass is 10.00. The van der Waals surface area contributed by atoms with Crippen LogP contribution >= 0.6 is 11.6 Å². The summed E-state index contributed by atoms with van der Waals surface area (Å²) < 4.78 is 0. The van der Waals surface area contributed by atoms with Crippen LogP contribution in [0.1, 0.15) is 18.1 Å². The van der Waals surface area contributed by atoms with Crippen LogP contribution in [0.25, 0.3) is 0 Å². The van der Waals surface area contributed by atoms with E-state index >= 15 is 0 Å². The summed E-state index contributed by atoms with van der Waals surface area (Å²) >= 11 is 6.04. The second kappa shape index (κ2) is 5.67. The van der Waals surface area contributed by atoms with Crippen molar-refractivity contribution in [2.45, 2.75) is 19.9 Å². The lowest BCUT2D eigenvalue weighted by molar-refractivity contribution is 0.719. The number of aromatic nitrogens is 2. The van der Waals surface area contributed by atoms with Crippen LogP contribution in [0, 0.1) is 0 Å². The van der Waals surface area contributed by atoms with Gasteiger partial charge >= 0.3 is 0 Å². The Bertz CT molecular complexity index is 615. The van der Waals surface area contributed by atoms with Gasteiger partial charge in [0.05, 0.1) is 0 Å². The van der Waals surface area contributed by atoms with Gasteiger partial charge in [0.25, 0.3) is 0 Å². The molecular weight excluding hydrogens is 272 g/mol. The summed E-state index contributed by atoms with van der Waals surface area (Å²) in [5.41, 5.74) is 2.67. The Balaban J connectivity index is 1.83. The smallest absolute Gasteiger partial charge is 0.134 e. The number of rotatable bonds is 3. The average Bonchev–Trinajstić information content (AvgIpc) is 2.47. The fraction of sp³-hybridized carbons (Fsp3) is 0.333. The van der Waals surface area contributed by atoms with Gasteiger partial charge in [-0.15, -0.1) is 0 Å². The zero-order valence-electron chi connectivity index (χ0n) is 11.4. The molecule has 1 N–H and O–H groups in total. The zero-order valence-corrected chi connectivity index (χ0v) is 12.2. The molecule has 3 rings (SSSR count). The van der Waals surface area contributed by atoms with Gasteiger partial charge in [-0.25, -0.2) is 9.97 Å². The van der Waals surface area contributed by atoms with Gasteiger partial charge < -0.3 is 10.2 Å². The highest BCUT2D eigenvalue weighted by molar-refractivity contribution is 6.30. The molecule has 0 fully saturated rings. The van der Waals surface area contributed by atoms with Crippen molar-refractivity contribution in [1.82, 2.24) is 9.97 Å². The minimum absolute atomic E-state index is 0.814. The maximum absolute atomic E-state index is 6.04. The van der Waals surface area contributed by atoms with Crippen molar-refractivity contribution in [2.24, 2.45) is 0 Å². The van der Waals surface area contributed by atoms with E-state index in [1.807, 2.05) is 12.1 Å². The fourth-order valence-corrected chi connectivity index (χ4v) is 2.71. The molecule has 5 heteroatoms. The topological polar surface area (TPSA) is 41.0 Å². The molecule has 20 heavy (non-hydrogen) atoms. The first-order valence-electron chi connectivity index (χ1n) is 6.84. The van der Waals surface area contributed by atoms with Crippen molar-refractivity contribution < 1.29 is 0 Å².